The van der Waals surface area contributed by atoms with Gasteiger partial charge >= 0.3 is 0 Å². The zero-order chi connectivity index (χ0) is 13.5. The Morgan fingerprint density at radius 1 is 1.44 bits per heavy atom. The van der Waals surface area contributed by atoms with Gasteiger partial charge in [0.05, 0.1) is 6.61 Å². The highest BCUT2D eigenvalue weighted by Crippen LogP contribution is 2.24. The molecule has 0 bridgehead atoms. The quantitative estimate of drug-likeness (QED) is 0.810. The molecule has 0 heterocycles. The molecule has 0 radical (unpaired) electrons. The Kier molecular flexibility index (Phi) is 6.09. The summed E-state index contributed by atoms with van der Waals surface area (Å²) < 4.78 is 18.5. The highest BCUT2D eigenvalue weighted by Gasteiger charge is 2.16. The number of hydrogen-bond acceptors (Lipinski definition) is 3. The molecule has 0 aromatic heterocycles. The maximum atomic E-state index is 13.3. The average molecular weight is 254 g/mol. The van der Waals surface area contributed by atoms with Gasteiger partial charge in [0.2, 0.25) is 0 Å². The minimum absolute atomic E-state index is 0.211. The van der Waals surface area contributed by atoms with Gasteiger partial charge in [0.1, 0.15) is 5.82 Å². The van der Waals surface area contributed by atoms with Crippen LogP contribution in [0.25, 0.3) is 0 Å². The van der Waals surface area contributed by atoms with Gasteiger partial charge < -0.3 is 15.4 Å². The van der Waals surface area contributed by atoms with Gasteiger partial charge in [-0.05, 0) is 50.6 Å². The Bertz CT molecular complexity index is 371. The van der Waals surface area contributed by atoms with Crippen molar-refractivity contribution < 1.29 is 9.13 Å². The molecule has 1 rings (SSSR count). The first-order valence-corrected chi connectivity index (χ1v) is 6.38. The third-order valence-corrected chi connectivity index (χ3v) is 3.05. The molecule has 0 spiro atoms. The number of anilines is 1. The molecule has 1 aromatic rings. The van der Waals surface area contributed by atoms with Crippen molar-refractivity contribution in [3.05, 3.63) is 29.6 Å². The number of rotatable bonds is 7. The highest BCUT2D eigenvalue weighted by atomic mass is 19.1. The Morgan fingerprint density at radius 3 is 2.72 bits per heavy atom. The second-order valence-corrected chi connectivity index (χ2v) is 4.40. The summed E-state index contributed by atoms with van der Waals surface area (Å²) in [4.78, 5) is 2.22. The molecule has 0 aliphatic carbocycles. The Morgan fingerprint density at radius 2 is 2.17 bits per heavy atom. The lowest BCUT2D eigenvalue weighted by Gasteiger charge is -2.31. The molecule has 2 N–H and O–H groups in total. The van der Waals surface area contributed by atoms with Gasteiger partial charge in [0.15, 0.2) is 0 Å². The van der Waals surface area contributed by atoms with E-state index in [2.05, 4.69) is 18.7 Å². The van der Waals surface area contributed by atoms with E-state index in [0.717, 1.165) is 17.8 Å². The van der Waals surface area contributed by atoms with Crippen molar-refractivity contribution in [1.29, 1.82) is 0 Å². The van der Waals surface area contributed by atoms with Gasteiger partial charge in [-0.15, -0.1) is 0 Å². The molecule has 1 atom stereocenters. The van der Waals surface area contributed by atoms with Crippen molar-refractivity contribution in [2.24, 2.45) is 5.73 Å². The number of nitrogens with two attached hydrogens (primary N) is 1. The summed E-state index contributed by atoms with van der Waals surface area (Å²) in [7, 11) is 1.69. The lowest BCUT2D eigenvalue weighted by molar-refractivity contribution is 0.182. The first-order valence-electron chi connectivity index (χ1n) is 6.38. The van der Waals surface area contributed by atoms with Crippen molar-refractivity contribution in [3.8, 4) is 0 Å². The second-order valence-electron chi connectivity index (χ2n) is 4.40. The van der Waals surface area contributed by atoms with Crippen LogP contribution in [-0.4, -0.2) is 32.8 Å². The van der Waals surface area contributed by atoms with E-state index >= 15 is 0 Å². The summed E-state index contributed by atoms with van der Waals surface area (Å²) in [5.74, 6) is -0.211. The van der Waals surface area contributed by atoms with Gasteiger partial charge in [-0.25, -0.2) is 4.39 Å². The van der Waals surface area contributed by atoms with Crippen LogP contribution in [0.2, 0.25) is 0 Å². The van der Waals surface area contributed by atoms with Crippen LogP contribution in [0.1, 0.15) is 19.4 Å². The first-order chi connectivity index (χ1) is 8.63. The van der Waals surface area contributed by atoms with Crippen molar-refractivity contribution in [2.75, 3.05) is 31.7 Å². The predicted molar refractivity (Wildman–Crippen MR) is 73.5 cm³/mol. The summed E-state index contributed by atoms with van der Waals surface area (Å²) in [6.07, 6.45) is 0.684. The van der Waals surface area contributed by atoms with E-state index in [1.54, 1.807) is 13.2 Å². The maximum Gasteiger partial charge on any atom is 0.123 e. The largest absolute Gasteiger partial charge is 0.383 e. The highest BCUT2D eigenvalue weighted by molar-refractivity contribution is 5.54. The summed E-state index contributed by atoms with van der Waals surface area (Å²) in [5, 5.41) is 0. The van der Waals surface area contributed by atoms with Crippen LogP contribution < -0.4 is 10.6 Å². The fourth-order valence-electron chi connectivity index (χ4n) is 2.24. The SMILES string of the molecule is CCN(c1ccc(F)cc1CCN)C(C)COC. The van der Waals surface area contributed by atoms with Crippen LogP contribution in [0.5, 0.6) is 0 Å². The molecule has 18 heavy (non-hydrogen) atoms. The topological polar surface area (TPSA) is 38.5 Å². The van der Waals surface area contributed by atoms with E-state index in [0.29, 0.717) is 19.6 Å². The molecule has 1 aromatic carbocycles. The average Bonchev–Trinajstić information content (AvgIpc) is 2.33. The standard InChI is InChI=1S/C14H23FN2O/c1-4-17(11(2)10-18-3)14-6-5-13(15)9-12(14)7-8-16/h5-6,9,11H,4,7-8,10,16H2,1-3H3. The summed E-state index contributed by atoms with van der Waals surface area (Å²) >= 11 is 0. The molecule has 102 valence electrons. The fourth-order valence-corrected chi connectivity index (χ4v) is 2.24. The summed E-state index contributed by atoms with van der Waals surface area (Å²) in [6, 6.07) is 5.15. The van der Waals surface area contributed by atoms with E-state index < -0.39 is 0 Å². The number of nitrogens with zero attached hydrogens (tertiary/aromatic N) is 1. The van der Waals surface area contributed by atoms with E-state index in [1.165, 1.54) is 6.07 Å². The van der Waals surface area contributed by atoms with E-state index in [4.69, 9.17) is 10.5 Å². The van der Waals surface area contributed by atoms with Crippen molar-refractivity contribution in [1.82, 2.24) is 0 Å². The van der Waals surface area contributed by atoms with Crippen LogP contribution in [0.15, 0.2) is 18.2 Å². The maximum absolute atomic E-state index is 13.3. The van der Waals surface area contributed by atoms with Crippen molar-refractivity contribution in [3.63, 3.8) is 0 Å². The lowest BCUT2D eigenvalue weighted by atomic mass is 10.1. The molecular weight excluding hydrogens is 231 g/mol. The van der Waals surface area contributed by atoms with Crippen molar-refractivity contribution >= 4 is 5.69 Å². The van der Waals surface area contributed by atoms with E-state index in [1.807, 2.05) is 6.07 Å². The Balaban J connectivity index is 3.03. The summed E-state index contributed by atoms with van der Waals surface area (Å²) in [6.45, 7) is 6.21. The zero-order valence-corrected chi connectivity index (χ0v) is 11.4. The molecule has 3 nitrogen and oxygen atoms in total. The van der Waals surface area contributed by atoms with Crippen LogP contribution in [0, 0.1) is 5.82 Å². The minimum atomic E-state index is -0.211. The molecule has 4 heteroatoms. The van der Waals surface area contributed by atoms with E-state index in [9.17, 15) is 4.39 Å². The molecule has 0 aliphatic rings. The number of likely N-dealkylation sites (N-methyl/N-ethyl adjacent to an activating group) is 1. The molecule has 0 saturated heterocycles. The third-order valence-electron chi connectivity index (χ3n) is 3.05. The van der Waals surface area contributed by atoms with Crippen LogP contribution in [-0.2, 0) is 11.2 Å². The minimum Gasteiger partial charge on any atom is -0.383 e. The lowest BCUT2D eigenvalue weighted by Crippen LogP contribution is -2.36. The number of methoxy groups -OCH3 is 1. The predicted octanol–water partition coefficient (Wildman–Crippen LogP) is 2.19. The van der Waals surface area contributed by atoms with Crippen LogP contribution in [0.4, 0.5) is 10.1 Å². The number of hydrogen-bond donors (Lipinski definition) is 1. The van der Waals surface area contributed by atoms with E-state index in [-0.39, 0.29) is 11.9 Å². The van der Waals surface area contributed by atoms with Crippen LogP contribution in [0.3, 0.4) is 0 Å². The van der Waals surface area contributed by atoms with Crippen LogP contribution >= 0.6 is 0 Å². The normalized spacial score (nSPS) is 12.5. The Hall–Kier alpha value is -1.13. The number of ether oxygens (including phenoxy) is 1. The molecule has 1 unspecified atom stereocenters. The van der Waals surface area contributed by atoms with Gasteiger partial charge in [-0.2, -0.15) is 0 Å². The summed E-state index contributed by atoms with van der Waals surface area (Å²) in [5.41, 5.74) is 7.60. The van der Waals surface area contributed by atoms with Gasteiger partial charge in [0, 0.05) is 25.4 Å². The van der Waals surface area contributed by atoms with Gasteiger partial charge in [-0.1, -0.05) is 0 Å². The monoisotopic (exact) mass is 254 g/mol. The van der Waals surface area contributed by atoms with Crippen molar-refractivity contribution in [2.45, 2.75) is 26.3 Å². The number of benzene rings is 1. The first kappa shape index (κ1) is 14.9. The van der Waals surface area contributed by atoms with Gasteiger partial charge in [0.25, 0.3) is 0 Å². The fraction of sp³-hybridized carbons (Fsp3) is 0.571. The number of halogens is 1. The molecule has 0 amide bonds. The molecule has 0 saturated carbocycles. The third kappa shape index (κ3) is 3.68. The molecular formula is C14H23FN2O. The Labute approximate surface area is 109 Å². The van der Waals surface area contributed by atoms with Gasteiger partial charge in [-0.3, -0.25) is 0 Å². The second kappa shape index (κ2) is 7.34. The molecule has 0 fully saturated rings. The smallest absolute Gasteiger partial charge is 0.123 e. The zero-order valence-electron chi connectivity index (χ0n) is 11.4. The molecule has 0 aliphatic heterocycles.